The van der Waals surface area contributed by atoms with Crippen molar-refractivity contribution in [2.75, 3.05) is 24.5 Å². The summed E-state index contributed by atoms with van der Waals surface area (Å²) in [6.07, 6.45) is 7.06. The minimum atomic E-state index is -0.222. The monoisotopic (exact) mass is 383 g/mol. The number of rotatable bonds is 6. The number of nitrogens with one attached hydrogen (secondary N) is 2. The van der Waals surface area contributed by atoms with Crippen LogP contribution >= 0.6 is 0 Å². The molecule has 0 amide bonds. The van der Waals surface area contributed by atoms with Crippen LogP contribution in [0.5, 0.6) is 0 Å². The van der Waals surface area contributed by atoms with Gasteiger partial charge in [-0.2, -0.15) is 0 Å². The lowest BCUT2D eigenvalue weighted by atomic mass is 10.2. The summed E-state index contributed by atoms with van der Waals surface area (Å²) >= 11 is 0. The van der Waals surface area contributed by atoms with Crippen LogP contribution in [0.15, 0.2) is 47.6 Å². The zero-order chi connectivity index (χ0) is 19.6. The molecule has 1 fully saturated rings. The smallest absolute Gasteiger partial charge is 0.191 e. The van der Waals surface area contributed by atoms with Crippen molar-refractivity contribution >= 4 is 11.8 Å². The number of hydrogen-bond donors (Lipinski definition) is 2. The summed E-state index contributed by atoms with van der Waals surface area (Å²) in [4.78, 5) is 11.7. The number of hydrogen-bond acceptors (Lipinski definition) is 3. The van der Waals surface area contributed by atoms with Gasteiger partial charge in [-0.3, -0.25) is 0 Å². The van der Waals surface area contributed by atoms with E-state index in [0.717, 1.165) is 42.5 Å². The fraction of sp³-hybridized carbons (Fsp3) is 0.455. The van der Waals surface area contributed by atoms with Gasteiger partial charge < -0.3 is 15.5 Å². The van der Waals surface area contributed by atoms with Gasteiger partial charge in [0.2, 0.25) is 0 Å². The van der Waals surface area contributed by atoms with Crippen LogP contribution in [0.3, 0.4) is 0 Å². The van der Waals surface area contributed by atoms with Crippen LogP contribution in [0.2, 0.25) is 0 Å². The number of halogens is 1. The Morgan fingerprint density at radius 1 is 1.00 bits per heavy atom. The Labute approximate surface area is 167 Å². The number of pyridine rings is 1. The van der Waals surface area contributed by atoms with Crippen molar-refractivity contribution in [2.45, 2.75) is 45.7 Å². The summed E-state index contributed by atoms with van der Waals surface area (Å²) < 4.78 is 13.0. The Morgan fingerprint density at radius 3 is 2.36 bits per heavy atom. The molecule has 5 nitrogen and oxygen atoms in total. The number of benzene rings is 1. The highest BCUT2D eigenvalue weighted by molar-refractivity contribution is 5.79. The lowest BCUT2D eigenvalue weighted by Crippen LogP contribution is -2.36. The molecule has 1 aliphatic heterocycles. The maximum Gasteiger partial charge on any atom is 0.191 e. The van der Waals surface area contributed by atoms with E-state index in [1.165, 1.54) is 37.8 Å². The lowest BCUT2D eigenvalue weighted by molar-refractivity contribution is 0.626. The fourth-order valence-corrected chi connectivity index (χ4v) is 3.30. The summed E-state index contributed by atoms with van der Waals surface area (Å²) in [5.74, 6) is 1.58. The van der Waals surface area contributed by atoms with Crippen molar-refractivity contribution in [3.8, 4) is 0 Å². The molecule has 0 spiro atoms. The third kappa shape index (κ3) is 6.22. The molecule has 2 heterocycles. The SMILES string of the molecule is CCNC(=NCc1ccc(N2CCCCCC2)nc1)NCc1ccc(F)cc1. The van der Waals surface area contributed by atoms with Gasteiger partial charge in [-0.25, -0.2) is 14.4 Å². The van der Waals surface area contributed by atoms with Crippen molar-refractivity contribution in [3.05, 3.63) is 59.5 Å². The van der Waals surface area contributed by atoms with E-state index in [9.17, 15) is 4.39 Å². The molecule has 6 heteroatoms. The van der Waals surface area contributed by atoms with E-state index in [0.29, 0.717) is 13.1 Å². The second-order valence-corrected chi connectivity index (χ2v) is 7.10. The average Bonchev–Trinajstić information content (AvgIpc) is 3.01. The summed E-state index contributed by atoms with van der Waals surface area (Å²) in [5, 5.41) is 6.53. The molecular formula is C22H30FN5. The van der Waals surface area contributed by atoms with Crippen molar-refractivity contribution < 1.29 is 4.39 Å². The molecule has 1 aromatic carbocycles. The Kier molecular flexibility index (Phi) is 7.64. The van der Waals surface area contributed by atoms with Crippen molar-refractivity contribution in [3.63, 3.8) is 0 Å². The van der Waals surface area contributed by atoms with Crippen molar-refractivity contribution in [2.24, 2.45) is 4.99 Å². The normalized spacial score (nSPS) is 15.2. The summed E-state index contributed by atoms with van der Waals surface area (Å²) in [6, 6.07) is 10.7. The van der Waals surface area contributed by atoms with Gasteiger partial charge in [-0.05, 0) is 49.1 Å². The summed E-state index contributed by atoms with van der Waals surface area (Å²) in [6.45, 7) is 6.17. The zero-order valence-corrected chi connectivity index (χ0v) is 16.6. The molecular weight excluding hydrogens is 353 g/mol. The predicted octanol–water partition coefficient (Wildman–Crippen LogP) is 3.86. The highest BCUT2D eigenvalue weighted by Gasteiger charge is 2.10. The van der Waals surface area contributed by atoms with Crippen LogP contribution in [0.25, 0.3) is 0 Å². The first-order chi connectivity index (χ1) is 13.7. The topological polar surface area (TPSA) is 52.6 Å². The quantitative estimate of drug-likeness (QED) is 0.588. The zero-order valence-electron chi connectivity index (χ0n) is 16.6. The van der Waals surface area contributed by atoms with Gasteiger partial charge in [0.15, 0.2) is 5.96 Å². The van der Waals surface area contributed by atoms with Gasteiger partial charge in [0, 0.05) is 32.4 Å². The van der Waals surface area contributed by atoms with Crippen LogP contribution in [-0.4, -0.2) is 30.6 Å². The van der Waals surface area contributed by atoms with Crippen molar-refractivity contribution in [1.82, 2.24) is 15.6 Å². The minimum Gasteiger partial charge on any atom is -0.357 e. The molecule has 0 atom stereocenters. The Hall–Kier alpha value is -2.63. The van der Waals surface area contributed by atoms with E-state index in [1.807, 2.05) is 13.1 Å². The molecule has 0 aliphatic carbocycles. The highest BCUT2D eigenvalue weighted by atomic mass is 19.1. The molecule has 0 bridgehead atoms. The second-order valence-electron chi connectivity index (χ2n) is 7.10. The summed E-state index contributed by atoms with van der Waals surface area (Å²) in [5.41, 5.74) is 2.09. The van der Waals surface area contributed by atoms with Crippen LogP contribution < -0.4 is 15.5 Å². The van der Waals surface area contributed by atoms with Crippen molar-refractivity contribution in [1.29, 1.82) is 0 Å². The Balaban J connectivity index is 1.56. The first-order valence-electron chi connectivity index (χ1n) is 10.2. The first kappa shape index (κ1) is 20.1. The molecule has 3 rings (SSSR count). The molecule has 2 N–H and O–H groups in total. The van der Waals surface area contributed by atoms with Gasteiger partial charge >= 0.3 is 0 Å². The third-order valence-electron chi connectivity index (χ3n) is 4.88. The van der Waals surface area contributed by atoms with Crippen LogP contribution in [0, 0.1) is 5.82 Å². The third-order valence-corrected chi connectivity index (χ3v) is 4.88. The second kappa shape index (κ2) is 10.6. The van der Waals surface area contributed by atoms with Crippen LogP contribution in [-0.2, 0) is 13.1 Å². The molecule has 0 radical (unpaired) electrons. The number of aliphatic imine (C=N–C) groups is 1. The van der Waals surface area contributed by atoms with E-state index in [2.05, 4.69) is 37.6 Å². The van der Waals surface area contributed by atoms with E-state index < -0.39 is 0 Å². The number of nitrogens with zero attached hydrogens (tertiary/aromatic N) is 3. The molecule has 0 saturated carbocycles. The average molecular weight is 384 g/mol. The van der Waals surface area contributed by atoms with Crippen LogP contribution in [0.4, 0.5) is 10.2 Å². The molecule has 0 unspecified atom stereocenters. The van der Waals surface area contributed by atoms with Gasteiger partial charge in [-0.1, -0.05) is 31.0 Å². The minimum absolute atomic E-state index is 0.222. The number of guanidine groups is 1. The van der Waals surface area contributed by atoms with E-state index >= 15 is 0 Å². The Bertz CT molecular complexity index is 735. The molecule has 1 saturated heterocycles. The number of anilines is 1. The fourth-order valence-electron chi connectivity index (χ4n) is 3.30. The molecule has 1 aromatic heterocycles. The van der Waals surface area contributed by atoms with Gasteiger partial charge in [-0.15, -0.1) is 0 Å². The number of aromatic nitrogens is 1. The first-order valence-corrected chi connectivity index (χ1v) is 10.2. The van der Waals surface area contributed by atoms with Crippen LogP contribution in [0.1, 0.15) is 43.7 Å². The maximum atomic E-state index is 13.0. The molecule has 150 valence electrons. The summed E-state index contributed by atoms with van der Waals surface area (Å²) in [7, 11) is 0. The van der Waals surface area contributed by atoms with Gasteiger partial charge in [0.25, 0.3) is 0 Å². The molecule has 1 aliphatic rings. The maximum absolute atomic E-state index is 13.0. The van der Waals surface area contributed by atoms with E-state index in [1.54, 1.807) is 12.1 Å². The van der Waals surface area contributed by atoms with Gasteiger partial charge in [0.1, 0.15) is 11.6 Å². The lowest BCUT2D eigenvalue weighted by Gasteiger charge is -2.21. The standard InChI is InChI=1S/C22H30FN5/c1-2-24-22(26-15-18-7-10-20(23)11-8-18)27-17-19-9-12-21(25-16-19)28-13-5-3-4-6-14-28/h7-12,16H,2-6,13-15,17H2,1H3,(H2,24,26,27). The Morgan fingerprint density at radius 2 is 1.71 bits per heavy atom. The van der Waals surface area contributed by atoms with E-state index in [4.69, 9.17) is 0 Å². The van der Waals surface area contributed by atoms with Gasteiger partial charge in [0.05, 0.1) is 6.54 Å². The predicted molar refractivity (Wildman–Crippen MR) is 113 cm³/mol. The van der Waals surface area contributed by atoms with E-state index in [-0.39, 0.29) is 5.82 Å². The largest absolute Gasteiger partial charge is 0.357 e. The molecule has 2 aromatic rings. The highest BCUT2D eigenvalue weighted by Crippen LogP contribution is 2.17. The molecule has 28 heavy (non-hydrogen) atoms.